The fourth-order valence-corrected chi connectivity index (χ4v) is 1.83. The number of hydrogen-bond donors (Lipinski definition) is 1. The summed E-state index contributed by atoms with van der Waals surface area (Å²) < 4.78 is 43.0. The van der Waals surface area contributed by atoms with Crippen LogP contribution in [0.5, 0.6) is 0 Å². The van der Waals surface area contributed by atoms with Crippen molar-refractivity contribution in [3.05, 3.63) is 33.7 Å². The van der Waals surface area contributed by atoms with Gasteiger partial charge in [0.1, 0.15) is 11.3 Å². The molecule has 0 atom stereocenters. The van der Waals surface area contributed by atoms with Crippen LogP contribution >= 0.6 is 0 Å². The van der Waals surface area contributed by atoms with E-state index < -0.39 is 28.8 Å². The van der Waals surface area contributed by atoms with E-state index in [1.54, 1.807) is 0 Å². The van der Waals surface area contributed by atoms with E-state index in [1.165, 1.54) is 0 Å². The van der Waals surface area contributed by atoms with Crippen LogP contribution in [-0.2, 0) is 10.9 Å². The molecule has 1 heterocycles. The van der Waals surface area contributed by atoms with Crippen molar-refractivity contribution in [3.63, 3.8) is 0 Å². The molecule has 0 spiro atoms. The summed E-state index contributed by atoms with van der Waals surface area (Å²) in [7, 11) is 0. The van der Waals surface area contributed by atoms with Crippen LogP contribution in [0.1, 0.15) is 42.2 Å². The summed E-state index contributed by atoms with van der Waals surface area (Å²) in [5.74, 6) is -1.23. The molecule has 0 radical (unpaired) electrons. The highest BCUT2D eigenvalue weighted by Gasteiger charge is 2.39. The third-order valence-electron chi connectivity index (χ3n) is 3.49. The zero-order valence-electron chi connectivity index (χ0n) is 10.8. The van der Waals surface area contributed by atoms with E-state index in [0.717, 1.165) is 25.1 Å². The van der Waals surface area contributed by atoms with Crippen LogP contribution < -0.4 is 5.43 Å². The van der Waals surface area contributed by atoms with Crippen molar-refractivity contribution in [1.82, 2.24) is 4.98 Å². The molecule has 0 aliphatic heterocycles. The first-order valence-corrected chi connectivity index (χ1v) is 6.19. The maximum absolute atomic E-state index is 12.7. The van der Waals surface area contributed by atoms with Crippen molar-refractivity contribution in [2.45, 2.75) is 32.4 Å². The molecule has 0 unspecified atom stereocenters. The third-order valence-corrected chi connectivity index (χ3v) is 3.49. The molecule has 1 aliphatic rings. The van der Waals surface area contributed by atoms with E-state index in [0.29, 0.717) is 6.42 Å². The van der Waals surface area contributed by atoms with E-state index in [1.807, 2.05) is 11.9 Å². The Bertz CT molecular complexity index is 573. The fraction of sp³-hybridized carbons (Fsp3) is 0.538. The molecule has 7 heteroatoms. The number of hydrogen-bond acceptors (Lipinski definition) is 3. The summed E-state index contributed by atoms with van der Waals surface area (Å²) >= 11 is 0. The summed E-state index contributed by atoms with van der Waals surface area (Å²) in [6.07, 6.45) is -1.33. The van der Waals surface area contributed by atoms with E-state index in [9.17, 15) is 22.8 Å². The molecule has 110 valence electrons. The van der Waals surface area contributed by atoms with Crippen molar-refractivity contribution < 1.29 is 22.7 Å². The van der Waals surface area contributed by atoms with Gasteiger partial charge in [-0.1, -0.05) is 6.92 Å². The van der Waals surface area contributed by atoms with Gasteiger partial charge in [-0.25, -0.2) is 4.79 Å². The topological polar surface area (TPSA) is 59.2 Å². The number of ether oxygens (including phenoxy) is 1. The van der Waals surface area contributed by atoms with Gasteiger partial charge in [-0.05, 0) is 24.7 Å². The highest BCUT2D eigenvalue weighted by Crippen LogP contribution is 2.47. The zero-order chi connectivity index (χ0) is 15.0. The summed E-state index contributed by atoms with van der Waals surface area (Å²) in [5, 5.41) is 0. The Morgan fingerprint density at radius 1 is 1.45 bits per heavy atom. The molecule has 4 nitrogen and oxygen atoms in total. The molecule has 1 aromatic heterocycles. The van der Waals surface area contributed by atoms with Gasteiger partial charge in [-0.3, -0.25) is 4.79 Å². The number of H-pyrrole nitrogens is 1. The minimum atomic E-state index is -4.81. The number of esters is 1. The molecular weight excluding hydrogens is 275 g/mol. The quantitative estimate of drug-likeness (QED) is 0.867. The van der Waals surface area contributed by atoms with Crippen LogP contribution in [0.2, 0.25) is 0 Å². The first kappa shape index (κ1) is 14.6. The third kappa shape index (κ3) is 3.20. The Hall–Kier alpha value is -1.79. The fourth-order valence-electron chi connectivity index (χ4n) is 1.83. The molecule has 1 fully saturated rings. The Labute approximate surface area is 112 Å². The maximum atomic E-state index is 12.7. The summed E-state index contributed by atoms with van der Waals surface area (Å²) in [5.41, 5.74) is -3.23. The van der Waals surface area contributed by atoms with Gasteiger partial charge in [-0.15, -0.1) is 0 Å². The lowest BCUT2D eigenvalue weighted by molar-refractivity contribution is -0.141. The van der Waals surface area contributed by atoms with Crippen molar-refractivity contribution in [1.29, 1.82) is 0 Å². The molecule has 2 rings (SSSR count). The van der Waals surface area contributed by atoms with Gasteiger partial charge >= 0.3 is 12.1 Å². The lowest BCUT2D eigenvalue weighted by Gasteiger charge is -2.12. The summed E-state index contributed by atoms with van der Waals surface area (Å²) in [6.45, 7) is 2.03. The van der Waals surface area contributed by atoms with Gasteiger partial charge in [-0.2, -0.15) is 13.2 Å². The SMILES string of the molecule is CC1(CCOC(=O)c2c(C(F)(F)F)[nH]ccc2=O)CC1. The van der Waals surface area contributed by atoms with Gasteiger partial charge < -0.3 is 9.72 Å². The highest BCUT2D eigenvalue weighted by atomic mass is 19.4. The molecule has 1 aliphatic carbocycles. The van der Waals surface area contributed by atoms with Crippen LogP contribution in [0.15, 0.2) is 17.1 Å². The maximum Gasteiger partial charge on any atom is 0.432 e. The largest absolute Gasteiger partial charge is 0.462 e. The second kappa shape index (κ2) is 4.96. The number of rotatable bonds is 4. The monoisotopic (exact) mass is 289 g/mol. The van der Waals surface area contributed by atoms with Gasteiger partial charge in [0.05, 0.1) is 6.61 Å². The van der Waals surface area contributed by atoms with Gasteiger partial charge in [0.2, 0.25) is 0 Å². The van der Waals surface area contributed by atoms with E-state index in [4.69, 9.17) is 4.74 Å². The number of pyridine rings is 1. The van der Waals surface area contributed by atoms with Crippen LogP contribution in [0.3, 0.4) is 0 Å². The normalized spacial score (nSPS) is 16.8. The smallest absolute Gasteiger partial charge is 0.432 e. The van der Waals surface area contributed by atoms with E-state index in [2.05, 4.69) is 0 Å². The molecule has 0 amide bonds. The lowest BCUT2D eigenvalue weighted by Crippen LogP contribution is -2.25. The van der Waals surface area contributed by atoms with E-state index >= 15 is 0 Å². The van der Waals surface area contributed by atoms with Crippen LogP contribution in [0.4, 0.5) is 13.2 Å². The first-order valence-electron chi connectivity index (χ1n) is 6.19. The van der Waals surface area contributed by atoms with Gasteiger partial charge in [0.15, 0.2) is 5.43 Å². The molecule has 1 saturated carbocycles. The number of carbonyl (C=O) groups excluding carboxylic acids is 1. The highest BCUT2D eigenvalue weighted by molar-refractivity contribution is 5.90. The minimum Gasteiger partial charge on any atom is -0.462 e. The zero-order valence-corrected chi connectivity index (χ0v) is 10.8. The molecule has 20 heavy (non-hydrogen) atoms. The van der Waals surface area contributed by atoms with E-state index in [-0.39, 0.29) is 12.0 Å². The Kier molecular flexibility index (Phi) is 3.62. The summed E-state index contributed by atoms with van der Waals surface area (Å²) in [4.78, 5) is 25.1. The van der Waals surface area contributed by atoms with Crippen molar-refractivity contribution in [2.24, 2.45) is 5.41 Å². The van der Waals surface area contributed by atoms with Gasteiger partial charge in [0, 0.05) is 12.3 Å². The standard InChI is InChI=1S/C13H14F3NO3/c1-12(3-4-12)5-7-20-11(19)9-8(18)2-6-17-10(9)13(14,15)16/h2,6H,3-5,7H2,1H3,(H,17,18). The molecule has 0 aromatic carbocycles. The Morgan fingerprint density at radius 3 is 2.65 bits per heavy atom. The molecular formula is C13H14F3NO3. The number of alkyl halides is 3. The minimum absolute atomic E-state index is 0.0148. The predicted molar refractivity (Wildman–Crippen MR) is 64.3 cm³/mol. The average molecular weight is 289 g/mol. The molecule has 1 N–H and O–H groups in total. The van der Waals surface area contributed by atoms with Crippen molar-refractivity contribution in [2.75, 3.05) is 6.61 Å². The number of halogens is 3. The lowest BCUT2D eigenvalue weighted by atomic mass is 10.1. The predicted octanol–water partition coefficient (Wildman–Crippen LogP) is 2.74. The van der Waals surface area contributed by atoms with Crippen LogP contribution in [0.25, 0.3) is 0 Å². The second-order valence-electron chi connectivity index (χ2n) is 5.29. The summed E-state index contributed by atoms with van der Waals surface area (Å²) in [6, 6.07) is 0.869. The molecule has 0 saturated heterocycles. The van der Waals surface area contributed by atoms with Crippen molar-refractivity contribution >= 4 is 5.97 Å². The van der Waals surface area contributed by atoms with Crippen molar-refractivity contribution in [3.8, 4) is 0 Å². The molecule has 0 bridgehead atoms. The Morgan fingerprint density at radius 2 is 2.10 bits per heavy atom. The number of carbonyl (C=O) groups is 1. The average Bonchev–Trinajstić information content (AvgIpc) is 3.05. The number of aromatic nitrogens is 1. The first-order chi connectivity index (χ1) is 9.23. The number of aromatic amines is 1. The van der Waals surface area contributed by atoms with Crippen LogP contribution in [0, 0.1) is 5.41 Å². The van der Waals surface area contributed by atoms with Gasteiger partial charge in [0.25, 0.3) is 0 Å². The Balaban J connectivity index is 2.14. The molecule has 1 aromatic rings. The number of nitrogens with one attached hydrogen (secondary N) is 1. The second-order valence-corrected chi connectivity index (χ2v) is 5.29. The van der Waals surface area contributed by atoms with Crippen LogP contribution in [-0.4, -0.2) is 17.6 Å².